The third-order valence-electron chi connectivity index (χ3n) is 3.36. The molecule has 0 amide bonds. The lowest BCUT2D eigenvalue weighted by atomic mass is 10.1. The van der Waals surface area contributed by atoms with Crippen molar-refractivity contribution in [3.8, 4) is 22.5 Å². The molecule has 0 aliphatic rings. The van der Waals surface area contributed by atoms with Crippen molar-refractivity contribution in [2.24, 2.45) is 0 Å². The molecule has 0 aliphatic heterocycles. The summed E-state index contributed by atoms with van der Waals surface area (Å²) in [4.78, 5) is 10.9. The van der Waals surface area contributed by atoms with Crippen LogP contribution in [-0.2, 0) is 0 Å². The van der Waals surface area contributed by atoms with Gasteiger partial charge in [-0.1, -0.05) is 60.7 Å². The molecule has 1 aromatic heterocycles. The number of benzene rings is 2. The Balaban J connectivity index is 2.29. The monoisotopic (exact) mass is 281 g/mol. The van der Waals surface area contributed by atoms with Gasteiger partial charge in [-0.25, -0.2) is 0 Å². The van der Waals surface area contributed by atoms with E-state index in [0.717, 1.165) is 22.5 Å². The van der Waals surface area contributed by atoms with Gasteiger partial charge in [-0.2, -0.15) is 0 Å². The minimum Gasteiger partial charge on any atom is -0.338 e. The average Bonchev–Trinajstić information content (AvgIpc) is 2.95. The summed E-state index contributed by atoms with van der Waals surface area (Å²) in [6.45, 7) is 0. The van der Waals surface area contributed by atoms with Crippen molar-refractivity contribution in [1.29, 1.82) is 0 Å². The number of rotatable bonds is 4. The van der Waals surface area contributed by atoms with E-state index in [1.807, 2.05) is 36.4 Å². The fraction of sp³-hybridized carbons (Fsp3) is 0.118. The highest BCUT2D eigenvalue weighted by Crippen LogP contribution is 2.29. The number of aromatic nitrogens is 2. The van der Waals surface area contributed by atoms with Gasteiger partial charge in [0.15, 0.2) is 0 Å². The van der Waals surface area contributed by atoms with E-state index in [9.17, 15) is 0 Å². The van der Waals surface area contributed by atoms with Crippen LogP contribution >= 0.6 is 0 Å². The molecular weight excluding hydrogens is 264 g/mol. The van der Waals surface area contributed by atoms with Crippen molar-refractivity contribution in [3.05, 3.63) is 67.0 Å². The van der Waals surface area contributed by atoms with Crippen molar-refractivity contribution in [3.63, 3.8) is 0 Å². The molecule has 0 N–H and O–H groups in total. The zero-order chi connectivity index (χ0) is 14.7. The molecule has 3 aromatic rings. The van der Waals surface area contributed by atoms with Gasteiger partial charge >= 0.3 is 6.33 Å². The summed E-state index contributed by atoms with van der Waals surface area (Å²) >= 11 is 0. The average molecular weight is 281 g/mol. The summed E-state index contributed by atoms with van der Waals surface area (Å²) in [5.74, 6) is 0. The molecule has 0 saturated heterocycles. The third kappa shape index (κ3) is 2.36. The van der Waals surface area contributed by atoms with Crippen LogP contribution in [0.25, 0.3) is 22.5 Å². The van der Waals surface area contributed by atoms with E-state index < -0.39 is 0 Å². The summed E-state index contributed by atoms with van der Waals surface area (Å²) in [6.07, 6.45) is 1.78. The van der Waals surface area contributed by atoms with E-state index in [-0.39, 0.29) is 0 Å². The largest absolute Gasteiger partial charge is 0.338 e. The fourth-order valence-corrected chi connectivity index (χ4v) is 2.42. The predicted octanol–water partition coefficient (Wildman–Crippen LogP) is 2.23. The highest BCUT2D eigenvalue weighted by atomic mass is 16.7. The Morgan fingerprint density at radius 2 is 1.38 bits per heavy atom. The highest BCUT2D eigenvalue weighted by molar-refractivity contribution is 5.76. The zero-order valence-corrected chi connectivity index (χ0v) is 12.1. The second-order valence-corrected chi connectivity index (χ2v) is 4.56. The van der Waals surface area contributed by atoms with Gasteiger partial charge in [-0.15, -0.1) is 0 Å². The summed E-state index contributed by atoms with van der Waals surface area (Å²) in [5, 5.41) is 0. The van der Waals surface area contributed by atoms with E-state index in [4.69, 9.17) is 9.68 Å². The van der Waals surface area contributed by atoms with E-state index in [2.05, 4.69) is 24.3 Å². The van der Waals surface area contributed by atoms with Crippen LogP contribution in [0.4, 0.5) is 0 Å². The van der Waals surface area contributed by atoms with Crippen LogP contribution in [0.1, 0.15) is 0 Å². The van der Waals surface area contributed by atoms with Crippen LogP contribution in [-0.4, -0.2) is 19.0 Å². The maximum Gasteiger partial charge on any atom is 0.324 e. The first-order valence-corrected chi connectivity index (χ1v) is 6.72. The number of hydrogen-bond donors (Lipinski definition) is 0. The normalized spacial score (nSPS) is 10.4. The molecule has 4 nitrogen and oxygen atoms in total. The quantitative estimate of drug-likeness (QED) is 0.686. The second-order valence-electron chi connectivity index (χ2n) is 4.56. The lowest BCUT2D eigenvalue weighted by molar-refractivity contribution is -0.877. The molecule has 0 spiro atoms. The smallest absolute Gasteiger partial charge is 0.324 e. The Labute approximate surface area is 123 Å². The Morgan fingerprint density at radius 3 is 1.90 bits per heavy atom. The lowest BCUT2D eigenvalue weighted by Gasteiger charge is -2.03. The van der Waals surface area contributed by atoms with Crippen molar-refractivity contribution >= 4 is 0 Å². The molecule has 0 aliphatic carbocycles. The third-order valence-corrected chi connectivity index (χ3v) is 3.36. The van der Waals surface area contributed by atoms with Crippen molar-refractivity contribution < 1.29 is 14.4 Å². The minimum absolute atomic E-state index is 0.950. The van der Waals surface area contributed by atoms with Gasteiger partial charge in [0.2, 0.25) is 11.4 Å². The molecular formula is C17H17N2O2+. The standard InChI is InChI=1S/C17H17N2O2/c1-20-18-13-19(21-2)17(15-11-7-4-8-12-15)16(18)14-9-5-3-6-10-14/h3-13H,1-2H3/q+1. The number of imidazole rings is 1. The van der Waals surface area contributed by atoms with Crippen LogP contribution in [0.5, 0.6) is 0 Å². The maximum atomic E-state index is 5.46. The van der Waals surface area contributed by atoms with E-state index in [1.54, 1.807) is 30.0 Å². The van der Waals surface area contributed by atoms with Gasteiger partial charge in [0.25, 0.3) is 0 Å². The highest BCUT2D eigenvalue weighted by Gasteiger charge is 2.28. The van der Waals surface area contributed by atoms with Gasteiger partial charge in [-0.3, -0.25) is 0 Å². The van der Waals surface area contributed by atoms with Crippen molar-refractivity contribution in [2.45, 2.75) is 0 Å². The lowest BCUT2D eigenvalue weighted by Crippen LogP contribution is -2.40. The first-order chi connectivity index (χ1) is 10.3. The number of nitrogens with zero attached hydrogens (tertiary/aromatic N) is 2. The second kappa shape index (κ2) is 5.71. The molecule has 0 saturated carbocycles. The molecule has 0 radical (unpaired) electrons. The van der Waals surface area contributed by atoms with Crippen LogP contribution in [0.15, 0.2) is 67.0 Å². The molecule has 4 heteroatoms. The summed E-state index contributed by atoms with van der Waals surface area (Å²) in [5.41, 5.74) is 4.03. The molecule has 3 rings (SSSR count). The molecule has 106 valence electrons. The summed E-state index contributed by atoms with van der Waals surface area (Å²) in [6, 6.07) is 20.2. The zero-order valence-electron chi connectivity index (χ0n) is 12.1. The Hall–Kier alpha value is -2.75. The Morgan fingerprint density at radius 1 is 0.810 bits per heavy atom. The first-order valence-electron chi connectivity index (χ1n) is 6.72. The van der Waals surface area contributed by atoms with E-state index >= 15 is 0 Å². The van der Waals surface area contributed by atoms with Crippen molar-refractivity contribution in [2.75, 3.05) is 14.2 Å². The fourth-order valence-electron chi connectivity index (χ4n) is 2.42. The molecule has 21 heavy (non-hydrogen) atoms. The molecule has 2 aromatic carbocycles. The molecule has 0 bridgehead atoms. The molecule has 0 unspecified atom stereocenters. The van der Waals surface area contributed by atoms with Gasteiger partial charge < -0.3 is 9.68 Å². The molecule has 0 fully saturated rings. The van der Waals surface area contributed by atoms with E-state index in [0.29, 0.717) is 0 Å². The Kier molecular flexibility index (Phi) is 3.60. The topological polar surface area (TPSA) is 27.3 Å². The number of hydrogen-bond acceptors (Lipinski definition) is 2. The summed E-state index contributed by atoms with van der Waals surface area (Å²) in [7, 11) is 3.28. The van der Waals surface area contributed by atoms with E-state index in [1.165, 1.54) is 0 Å². The minimum atomic E-state index is 0.950. The molecule has 0 atom stereocenters. The predicted molar refractivity (Wildman–Crippen MR) is 80.5 cm³/mol. The SMILES string of the molecule is COn1c[n+](OC)c(-c2ccccc2)c1-c1ccccc1. The van der Waals surface area contributed by atoms with Crippen molar-refractivity contribution in [1.82, 2.24) is 4.73 Å². The molecule has 1 heterocycles. The summed E-state index contributed by atoms with van der Waals surface area (Å²) < 4.78 is 3.42. The van der Waals surface area contributed by atoms with Crippen LogP contribution in [0.2, 0.25) is 0 Å². The van der Waals surface area contributed by atoms with Crippen LogP contribution in [0, 0.1) is 0 Å². The van der Waals surface area contributed by atoms with Gasteiger partial charge in [0.05, 0.1) is 0 Å². The Bertz CT molecular complexity index is 659. The van der Waals surface area contributed by atoms with Crippen LogP contribution in [0.3, 0.4) is 0 Å². The van der Waals surface area contributed by atoms with Gasteiger partial charge in [0.1, 0.15) is 14.2 Å². The maximum absolute atomic E-state index is 5.46. The first kappa shape index (κ1) is 13.2. The van der Waals surface area contributed by atoms with Crippen LogP contribution < -0.4 is 14.4 Å². The van der Waals surface area contributed by atoms with Gasteiger partial charge in [0, 0.05) is 11.1 Å². The van der Waals surface area contributed by atoms with Gasteiger partial charge in [-0.05, 0) is 9.46 Å².